The zero-order valence-corrected chi connectivity index (χ0v) is 12.7. The Morgan fingerprint density at radius 2 is 1.94 bits per heavy atom. The number of rotatable bonds is 6. The standard InChI is InChI=1S/C14H22O3Si/c1-5-18(6-2,7-3)14-10-12(11-17-14)8-9-13(15)16-4/h8-11H,5-7H2,1-4H3. The Morgan fingerprint density at radius 1 is 1.33 bits per heavy atom. The quantitative estimate of drug-likeness (QED) is 0.451. The molecule has 1 aromatic heterocycles. The summed E-state index contributed by atoms with van der Waals surface area (Å²) in [5.74, 6) is -0.345. The molecule has 0 bridgehead atoms. The highest BCUT2D eigenvalue weighted by Crippen LogP contribution is 2.21. The van der Waals surface area contributed by atoms with E-state index in [2.05, 4.69) is 31.6 Å². The van der Waals surface area contributed by atoms with Crippen molar-refractivity contribution in [1.82, 2.24) is 0 Å². The van der Waals surface area contributed by atoms with Crippen LogP contribution in [0.3, 0.4) is 0 Å². The number of ether oxygens (including phenoxy) is 1. The highest BCUT2D eigenvalue weighted by Gasteiger charge is 2.32. The van der Waals surface area contributed by atoms with Crippen molar-refractivity contribution in [2.75, 3.05) is 7.11 Å². The number of hydrogen-bond donors (Lipinski definition) is 0. The molecule has 3 nitrogen and oxygen atoms in total. The highest BCUT2D eigenvalue weighted by molar-refractivity contribution is 6.90. The van der Waals surface area contributed by atoms with Crippen molar-refractivity contribution in [3.63, 3.8) is 0 Å². The first-order valence-electron chi connectivity index (χ1n) is 6.47. The number of hydrogen-bond acceptors (Lipinski definition) is 3. The van der Waals surface area contributed by atoms with Crippen LogP contribution in [0.2, 0.25) is 18.1 Å². The van der Waals surface area contributed by atoms with Gasteiger partial charge in [0, 0.05) is 11.6 Å². The monoisotopic (exact) mass is 266 g/mol. The predicted octanol–water partition coefficient (Wildman–Crippen LogP) is 3.18. The van der Waals surface area contributed by atoms with Gasteiger partial charge in [-0.25, -0.2) is 4.79 Å². The molecule has 0 spiro atoms. The zero-order valence-electron chi connectivity index (χ0n) is 11.7. The predicted molar refractivity (Wildman–Crippen MR) is 76.6 cm³/mol. The first-order valence-corrected chi connectivity index (χ1v) is 9.09. The van der Waals surface area contributed by atoms with E-state index in [4.69, 9.17) is 4.42 Å². The van der Waals surface area contributed by atoms with E-state index in [1.54, 1.807) is 12.3 Å². The van der Waals surface area contributed by atoms with E-state index in [0.29, 0.717) is 0 Å². The summed E-state index contributed by atoms with van der Waals surface area (Å²) in [4.78, 5) is 11.0. The second-order valence-electron chi connectivity index (χ2n) is 4.44. The van der Waals surface area contributed by atoms with Gasteiger partial charge in [-0.1, -0.05) is 38.9 Å². The summed E-state index contributed by atoms with van der Waals surface area (Å²) in [6.45, 7) is 6.73. The molecule has 0 saturated heterocycles. The Labute approximate surface area is 110 Å². The second kappa shape index (κ2) is 6.59. The molecule has 0 atom stereocenters. The molecule has 1 rings (SSSR count). The van der Waals surface area contributed by atoms with E-state index in [9.17, 15) is 4.79 Å². The van der Waals surface area contributed by atoms with Gasteiger partial charge in [-0.3, -0.25) is 0 Å². The van der Waals surface area contributed by atoms with E-state index in [-0.39, 0.29) is 5.97 Å². The van der Waals surface area contributed by atoms with Gasteiger partial charge in [0.15, 0.2) is 0 Å². The smallest absolute Gasteiger partial charge is 0.330 e. The molecule has 1 heterocycles. The molecule has 0 N–H and O–H groups in total. The Balaban J connectivity index is 2.91. The molecule has 0 fully saturated rings. The molecular formula is C14H22O3Si. The third-order valence-corrected chi connectivity index (χ3v) is 9.15. The van der Waals surface area contributed by atoms with Gasteiger partial charge in [0.2, 0.25) is 0 Å². The van der Waals surface area contributed by atoms with Gasteiger partial charge in [-0.2, -0.15) is 0 Å². The van der Waals surface area contributed by atoms with Crippen LogP contribution in [0.4, 0.5) is 0 Å². The Bertz CT molecular complexity index is 408. The van der Waals surface area contributed by atoms with Gasteiger partial charge in [0.25, 0.3) is 0 Å². The van der Waals surface area contributed by atoms with Crippen LogP contribution in [0, 0.1) is 0 Å². The lowest BCUT2D eigenvalue weighted by Gasteiger charge is -2.24. The van der Waals surface area contributed by atoms with Crippen LogP contribution in [-0.4, -0.2) is 21.2 Å². The van der Waals surface area contributed by atoms with Gasteiger partial charge < -0.3 is 9.15 Å². The molecule has 0 aliphatic heterocycles. The molecule has 18 heavy (non-hydrogen) atoms. The van der Waals surface area contributed by atoms with Crippen LogP contribution in [0.5, 0.6) is 0 Å². The fraction of sp³-hybridized carbons (Fsp3) is 0.500. The number of furan rings is 1. The molecule has 100 valence electrons. The molecule has 0 unspecified atom stereocenters. The summed E-state index contributed by atoms with van der Waals surface area (Å²) in [5.41, 5.74) is 0.933. The maximum Gasteiger partial charge on any atom is 0.330 e. The SMILES string of the molecule is CC[Si](CC)(CC)c1cc(C=CC(=O)OC)co1. The average Bonchev–Trinajstić information content (AvgIpc) is 2.88. The van der Waals surface area contributed by atoms with E-state index in [0.717, 1.165) is 10.9 Å². The summed E-state index contributed by atoms with van der Waals surface area (Å²) < 4.78 is 10.3. The van der Waals surface area contributed by atoms with Crippen LogP contribution in [0.1, 0.15) is 26.3 Å². The van der Waals surface area contributed by atoms with Crippen LogP contribution in [0.15, 0.2) is 22.8 Å². The van der Waals surface area contributed by atoms with Crippen molar-refractivity contribution in [2.45, 2.75) is 38.9 Å². The lowest BCUT2D eigenvalue weighted by molar-refractivity contribution is -0.134. The minimum absolute atomic E-state index is 0.345. The minimum Gasteiger partial charge on any atom is -0.474 e. The van der Waals surface area contributed by atoms with Gasteiger partial charge in [0.05, 0.1) is 18.8 Å². The normalized spacial score (nSPS) is 12.0. The third-order valence-electron chi connectivity index (χ3n) is 3.79. The second-order valence-corrected chi connectivity index (χ2v) is 9.62. The average molecular weight is 266 g/mol. The molecule has 0 aliphatic rings. The van der Waals surface area contributed by atoms with Crippen molar-refractivity contribution in [1.29, 1.82) is 0 Å². The van der Waals surface area contributed by atoms with Gasteiger partial charge in [-0.05, 0) is 12.1 Å². The van der Waals surface area contributed by atoms with Crippen LogP contribution >= 0.6 is 0 Å². The van der Waals surface area contributed by atoms with E-state index >= 15 is 0 Å². The minimum atomic E-state index is -1.45. The molecule has 4 heteroatoms. The molecule has 0 saturated carbocycles. The van der Waals surface area contributed by atoms with Crippen molar-refractivity contribution in [3.8, 4) is 0 Å². The van der Waals surface area contributed by atoms with E-state index < -0.39 is 8.07 Å². The molecule has 0 radical (unpaired) electrons. The summed E-state index contributed by atoms with van der Waals surface area (Å²) in [5, 5.41) is 1.14. The molecule has 1 aromatic rings. The third kappa shape index (κ3) is 3.13. The fourth-order valence-electron chi connectivity index (χ4n) is 2.22. The largest absolute Gasteiger partial charge is 0.474 e. The Kier molecular flexibility index (Phi) is 5.41. The van der Waals surface area contributed by atoms with Crippen LogP contribution < -0.4 is 5.38 Å². The van der Waals surface area contributed by atoms with Crippen LogP contribution in [-0.2, 0) is 9.53 Å². The summed E-state index contributed by atoms with van der Waals surface area (Å²) >= 11 is 0. The first kappa shape index (κ1) is 14.8. The van der Waals surface area contributed by atoms with Crippen molar-refractivity contribution < 1.29 is 13.9 Å². The van der Waals surface area contributed by atoms with Gasteiger partial charge in [-0.15, -0.1) is 0 Å². The number of esters is 1. The van der Waals surface area contributed by atoms with E-state index in [1.807, 2.05) is 0 Å². The number of methoxy groups -OCH3 is 1. The van der Waals surface area contributed by atoms with Gasteiger partial charge >= 0.3 is 5.97 Å². The Morgan fingerprint density at radius 3 is 2.44 bits per heavy atom. The first-order chi connectivity index (χ1) is 8.61. The lowest BCUT2D eigenvalue weighted by atomic mass is 10.3. The number of carbonyl (C=O) groups is 1. The maximum absolute atomic E-state index is 11.0. The van der Waals surface area contributed by atoms with Crippen molar-refractivity contribution in [3.05, 3.63) is 24.0 Å². The molecular weight excluding hydrogens is 244 g/mol. The summed E-state index contributed by atoms with van der Waals surface area (Å²) in [7, 11) is -0.0822. The maximum atomic E-state index is 11.0. The molecule has 0 amide bonds. The van der Waals surface area contributed by atoms with Crippen LogP contribution in [0.25, 0.3) is 6.08 Å². The van der Waals surface area contributed by atoms with Crippen molar-refractivity contribution >= 4 is 25.5 Å². The zero-order chi connectivity index (χ0) is 13.6. The summed E-state index contributed by atoms with van der Waals surface area (Å²) in [6.07, 6.45) is 4.87. The fourth-order valence-corrected chi connectivity index (χ4v) is 5.55. The highest BCUT2D eigenvalue weighted by atomic mass is 28.3. The molecule has 0 aromatic carbocycles. The van der Waals surface area contributed by atoms with Crippen molar-refractivity contribution in [2.24, 2.45) is 0 Å². The number of carbonyl (C=O) groups excluding carboxylic acids is 1. The van der Waals surface area contributed by atoms with E-state index in [1.165, 1.54) is 31.3 Å². The molecule has 0 aliphatic carbocycles. The topological polar surface area (TPSA) is 39.4 Å². The van der Waals surface area contributed by atoms with Gasteiger partial charge in [0.1, 0.15) is 8.07 Å². The summed E-state index contributed by atoms with van der Waals surface area (Å²) in [6, 6.07) is 5.64. The lowest BCUT2D eigenvalue weighted by Crippen LogP contribution is -2.44. The Hall–Kier alpha value is -1.29.